The van der Waals surface area contributed by atoms with Crippen molar-refractivity contribution in [1.29, 1.82) is 0 Å². The summed E-state index contributed by atoms with van der Waals surface area (Å²) in [5.74, 6) is -1.41. The lowest BCUT2D eigenvalue weighted by Crippen LogP contribution is -2.48. The number of aliphatic hydroxyl groups excluding tert-OH is 4. The van der Waals surface area contributed by atoms with Gasteiger partial charge in [0.25, 0.3) is 0 Å². The van der Waals surface area contributed by atoms with Crippen LogP contribution in [-0.2, 0) is 19.1 Å². The Hall–Kier alpha value is -1.22. The van der Waals surface area contributed by atoms with Crippen molar-refractivity contribution >= 4 is 11.9 Å². The first-order chi connectivity index (χ1) is 8.29. The molecule has 0 amide bonds. The summed E-state index contributed by atoms with van der Waals surface area (Å²) in [7, 11) is 0. The second-order valence-electron chi connectivity index (χ2n) is 3.68. The van der Waals surface area contributed by atoms with Crippen molar-refractivity contribution in [3.8, 4) is 0 Å². The van der Waals surface area contributed by atoms with Crippen molar-refractivity contribution in [3.05, 3.63) is 0 Å². The van der Waals surface area contributed by atoms with Crippen LogP contribution in [0.2, 0.25) is 0 Å². The van der Waals surface area contributed by atoms with Crippen LogP contribution < -0.4 is 0 Å². The van der Waals surface area contributed by atoms with Gasteiger partial charge in [-0.05, 0) is 0 Å². The summed E-state index contributed by atoms with van der Waals surface area (Å²) in [6, 6.07) is 0. The van der Waals surface area contributed by atoms with Gasteiger partial charge in [-0.2, -0.15) is 0 Å². The maximum atomic E-state index is 10.7. The molecular weight excluding hydrogens is 248 g/mol. The van der Waals surface area contributed by atoms with Gasteiger partial charge in [-0.1, -0.05) is 0 Å². The quantitative estimate of drug-likeness (QED) is 0.373. The second kappa shape index (κ2) is 7.98. The molecule has 0 aliphatic carbocycles. The highest BCUT2D eigenvalue weighted by molar-refractivity contribution is 5.66. The van der Waals surface area contributed by atoms with Crippen LogP contribution in [0.25, 0.3) is 0 Å². The van der Waals surface area contributed by atoms with Crippen molar-refractivity contribution in [1.82, 2.24) is 0 Å². The first-order valence-corrected chi connectivity index (χ1v) is 5.25. The average molecular weight is 266 g/mol. The first kappa shape index (κ1) is 16.8. The van der Waals surface area contributed by atoms with E-state index in [4.69, 9.17) is 5.11 Å². The second-order valence-corrected chi connectivity index (χ2v) is 3.68. The van der Waals surface area contributed by atoms with Crippen molar-refractivity contribution in [2.45, 2.75) is 38.3 Å². The van der Waals surface area contributed by atoms with Crippen LogP contribution in [0.15, 0.2) is 0 Å². The lowest BCUT2D eigenvalue weighted by atomic mass is 10.0. The Morgan fingerprint density at radius 1 is 1.06 bits per heavy atom. The highest BCUT2D eigenvalue weighted by atomic mass is 16.6. The maximum absolute atomic E-state index is 10.7. The molecule has 0 radical (unpaired) electrons. The predicted octanol–water partition coefficient (Wildman–Crippen LogP) is -2.44. The van der Waals surface area contributed by atoms with Gasteiger partial charge in [-0.25, -0.2) is 0 Å². The van der Waals surface area contributed by atoms with Crippen LogP contribution >= 0.6 is 0 Å². The number of hydrogen-bond acceptors (Lipinski definition) is 8. The third-order valence-electron chi connectivity index (χ3n) is 2.08. The number of hydrogen-bond donors (Lipinski definition) is 4. The molecule has 0 heterocycles. The molecule has 0 rings (SSSR count). The average Bonchev–Trinajstić information content (AvgIpc) is 2.30. The van der Waals surface area contributed by atoms with Crippen LogP contribution in [-0.4, -0.2) is 70.0 Å². The molecule has 0 bridgehead atoms. The number of rotatable bonds is 7. The molecular formula is C10H18O8. The lowest BCUT2D eigenvalue weighted by molar-refractivity contribution is -0.171. The number of carbonyl (C=O) groups excluding carboxylic acids is 2. The van der Waals surface area contributed by atoms with Gasteiger partial charge in [0, 0.05) is 13.8 Å². The Labute approximate surface area is 104 Å². The minimum absolute atomic E-state index is 0.522. The molecule has 0 fully saturated rings. The summed E-state index contributed by atoms with van der Waals surface area (Å²) in [6.07, 6.45) is -6.37. The van der Waals surface area contributed by atoms with Gasteiger partial charge in [0.05, 0.1) is 6.61 Å². The lowest BCUT2D eigenvalue weighted by Gasteiger charge is -2.27. The Kier molecular flexibility index (Phi) is 7.44. The van der Waals surface area contributed by atoms with E-state index in [-0.39, 0.29) is 0 Å². The zero-order valence-corrected chi connectivity index (χ0v) is 10.1. The largest absolute Gasteiger partial charge is 0.463 e. The fourth-order valence-electron chi connectivity index (χ4n) is 1.18. The van der Waals surface area contributed by atoms with E-state index < -0.39 is 49.6 Å². The van der Waals surface area contributed by atoms with Gasteiger partial charge in [-0.3, -0.25) is 9.59 Å². The Morgan fingerprint density at radius 3 is 2.00 bits per heavy atom. The van der Waals surface area contributed by atoms with E-state index in [0.29, 0.717) is 0 Å². The van der Waals surface area contributed by atoms with Crippen molar-refractivity contribution < 1.29 is 39.5 Å². The standard InChI is InChI=1S/C10H18O8/c1-5(12)17-4-7(14)9(15)10(16)8(3-11)18-6(2)13/h7-11,14-16H,3-4H2,1-2H3/t7-,8+,9+,10+/m0/s1. The van der Waals surface area contributed by atoms with E-state index in [0.717, 1.165) is 13.8 Å². The van der Waals surface area contributed by atoms with E-state index in [1.54, 1.807) is 0 Å². The van der Waals surface area contributed by atoms with Crippen molar-refractivity contribution in [3.63, 3.8) is 0 Å². The Bertz CT molecular complexity index is 279. The predicted molar refractivity (Wildman–Crippen MR) is 57.3 cm³/mol. The van der Waals surface area contributed by atoms with Gasteiger partial charge < -0.3 is 29.9 Å². The van der Waals surface area contributed by atoms with Crippen LogP contribution in [0.3, 0.4) is 0 Å². The topological polar surface area (TPSA) is 134 Å². The smallest absolute Gasteiger partial charge is 0.303 e. The van der Waals surface area contributed by atoms with E-state index in [2.05, 4.69) is 9.47 Å². The van der Waals surface area contributed by atoms with Gasteiger partial charge in [0.2, 0.25) is 0 Å². The molecule has 0 unspecified atom stereocenters. The van der Waals surface area contributed by atoms with Crippen LogP contribution in [0, 0.1) is 0 Å². The third-order valence-corrected chi connectivity index (χ3v) is 2.08. The van der Waals surface area contributed by atoms with Crippen LogP contribution in [0.5, 0.6) is 0 Å². The van der Waals surface area contributed by atoms with E-state index >= 15 is 0 Å². The number of aliphatic hydroxyl groups is 4. The van der Waals surface area contributed by atoms with E-state index in [1.807, 2.05) is 0 Å². The number of carbonyl (C=O) groups is 2. The minimum atomic E-state index is -1.74. The summed E-state index contributed by atoms with van der Waals surface area (Å²) >= 11 is 0. The number of esters is 2. The monoisotopic (exact) mass is 266 g/mol. The number of ether oxygens (including phenoxy) is 2. The summed E-state index contributed by atoms with van der Waals surface area (Å²) in [4.78, 5) is 21.2. The Morgan fingerprint density at radius 2 is 1.61 bits per heavy atom. The molecule has 0 spiro atoms. The van der Waals surface area contributed by atoms with Gasteiger partial charge in [-0.15, -0.1) is 0 Å². The molecule has 4 N–H and O–H groups in total. The highest BCUT2D eigenvalue weighted by Gasteiger charge is 2.33. The van der Waals surface area contributed by atoms with Gasteiger partial charge in [0.15, 0.2) is 6.10 Å². The molecule has 8 nitrogen and oxygen atoms in total. The fraction of sp³-hybridized carbons (Fsp3) is 0.800. The summed E-state index contributed by atoms with van der Waals surface area (Å²) in [5.41, 5.74) is 0. The summed E-state index contributed by atoms with van der Waals surface area (Å²) < 4.78 is 8.98. The van der Waals surface area contributed by atoms with Crippen molar-refractivity contribution in [2.24, 2.45) is 0 Å². The third kappa shape index (κ3) is 5.92. The summed E-state index contributed by atoms with van der Waals surface area (Å²) in [6.45, 7) is 0.936. The molecule has 0 saturated heterocycles. The van der Waals surface area contributed by atoms with E-state index in [9.17, 15) is 24.9 Å². The molecule has 0 aromatic heterocycles. The van der Waals surface area contributed by atoms with Gasteiger partial charge in [0.1, 0.15) is 24.9 Å². The molecule has 0 aromatic carbocycles. The normalized spacial score (nSPS) is 17.4. The minimum Gasteiger partial charge on any atom is -0.463 e. The summed E-state index contributed by atoms with van der Waals surface area (Å²) in [5, 5.41) is 37.4. The first-order valence-electron chi connectivity index (χ1n) is 5.25. The Balaban J connectivity index is 4.39. The van der Waals surface area contributed by atoms with E-state index in [1.165, 1.54) is 0 Å². The molecule has 4 atom stereocenters. The van der Waals surface area contributed by atoms with Crippen molar-refractivity contribution in [2.75, 3.05) is 13.2 Å². The fourth-order valence-corrected chi connectivity index (χ4v) is 1.18. The SMILES string of the molecule is CC(=O)OC[C@H](O)[C@@H](O)[C@H](O)[C@@H](CO)OC(C)=O. The van der Waals surface area contributed by atoms with Crippen LogP contribution in [0.4, 0.5) is 0 Å². The molecule has 0 aliphatic heterocycles. The van der Waals surface area contributed by atoms with Gasteiger partial charge >= 0.3 is 11.9 Å². The highest BCUT2D eigenvalue weighted by Crippen LogP contribution is 2.09. The molecule has 8 heteroatoms. The molecule has 106 valence electrons. The maximum Gasteiger partial charge on any atom is 0.303 e. The molecule has 0 aliphatic rings. The van der Waals surface area contributed by atoms with Crippen LogP contribution in [0.1, 0.15) is 13.8 Å². The zero-order valence-electron chi connectivity index (χ0n) is 10.1. The molecule has 0 aromatic rings. The zero-order chi connectivity index (χ0) is 14.3. The molecule has 18 heavy (non-hydrogen) atoms. The molecule has 0 saturated carbocycles.